The van der Waals surface area contributed by atoms with Crippen LogP contribution in [0.3, 0.4) is 0 Å². The number of amides is 1. The highest BCUT2D eigenvalue weighted by Gasteiger charge is 2.17. The Morgan fingerprint density at radius 3 is 2.89 bits per heavy atom. The third-order valence-electron chi connectivity index (χ3n) is 2.88. The van der Waals surface area contributed by atoms with E-state index in [1.807, 2.05) is 18.2 Å². The predicted molar refractivity (Wildman–Crippen MR) is 73.0 cm³/mol. The summed E-state index contributed by atoms with van der Waals surface area (Å²) in [5.41, 5.74) is 2.07. The Hall–Kier alpha value is -1.51. The molecule has 0 saturated carbocycles. The summed E-state index contributed by atoms with van der Waals surface area (Å²) in [6.07, 6.45) is 2.60. The van der Waals surface area contributed by atoms with Gasteiger partial charge in [0.1, 0.15) is 5.75 Å². The van der Waals surface area contributed by atoms with Gasteiger partial charge in [0.15, 0.2) is 0 Å². The van der Waals surface area contributed by atoms with Crippen molar-refractivity contribution in [1.82, 2.24) is 0 Å². The lowest BCUT2D eigenvalue weighted by molar-refractivity contribution is -0.117. The van der Waals surface area contributed by atoms with Crippen LogP contribution in [0.25, 0.3) is 0 Å². The van der Waals surface area contributed by atoms with Crippen LogP contribution < -0.4 is 10.1 Å². The van der Waals surface area contributed by atoms with Gasteiger partial charge >= 0.3 is 0 Å². The number of benzene rings is 1. The molecule has 1 amide bonds. The van der Waals surface area contributed by atoms with Crippen LogP contribution in [0.2, 0.25) is 0 Å². The molecule has 1 aromatic rings. The standard InChI is InChI=1S/C15H21NO2/c1-15(2,3)10-14(17)16-12-6-7-13-11(9-12)5-4-8-18-13/h6-7,9H,4-5,8,10H2,1-3H3,(H,16,17). The van der Waals surface area contributed by atoms with E-state index in [1.54, 1.807) is 0 Å². The molecule has 0 radical (unpaired) electrons. The molecule has 0 atom stereocenters. The van der Waals surface area contributed by atoms with Crippen molar-refractivity contribution >= 4 is 11.6 Å². The third kappa shape index (κ3) is 3.49. The zero-order valence-electron chi connectivity index (χ0n) is 11.4. The first-order valence-electron chi connectivity index (χ1n) is 6.50. The summed E-state index contributed by atoms with van der Waals surface area (Å²) in [7, 11) is 0. The Morgan fingerprint density at radius 2 is 2.17 bits per heavy atom. The Morgan fingerprint density at radius 1 is 1.39 bits per heavy atom. The van der Waals surface area contributed by atoms with E-state index < -0.39 is 0 Å². The topological polar surface area (TPSA) is 38.3 Å². The van der Waals surface area contributed by atoms with E-state index in [0.717, 1.165) is 30.9 Å². The highest BCUT2D eigenvalue weighted by atomic mass is 16.5. The predicted octanol–water partition coefficient (Wildman–Crippen LogP) is 3.39. The SMILES string of the molecule is CC(C)(C)CC(=O)Nc1ccc2c(c1)CCCO2. The van der Waals surface area contributed by atoms with Crippen molar-refractivity contribution in [2.75, 3.05) is 11.9 Å². The maximum atomic E-state index is 11.9. The minimum absolute atomic E-state index is 0.0153. The fraction of sp³-hybridized carbons (Fsp3) is 0.533. The molecule has 1 heterocycles. The fourth-order valence-corrected chi connectivity index (χ4v) is 2.12. The second kappa shape index (κ2) is 5.01. The Labute approximate surface area is 109 Å². The summed E-state index contributed by atoms with van der Waals surface area (Å²) in [6, 6.07) is 5.88. The summed E-state index contributed by atoms with van der Waals surface area (Å²) in [5.74, 6) is 1.02. The summed E-state index contributed by atoms with van der Waals surface area (Å²) in [6.45, 7) is 6.98. The number of rotatable bonds is 2. The van der Waals surface area contributed by atoms with Gasteiger partial charge in [-0.05, 0) is 42.0 Å². The number of anilines is 1. The molecule has 1 aliphatic heterocycles. The van der Waals surface area contributed by atoms with Crippen LogP contribution in [0.15, 0.2) is 18.2 Å². The molecule has 3 heteroatoms. The Balaban J connectivity index is 2.04. The molecule has 0 aliphatic carbocycles. The lowest BCUT2D eigenvalue weighted by Crippen LogP contribution is -2.20. The van der Waals surface area contributed by atoms with Crippen LogP contribution in [0.1, 0.15) is 39.2 Å². The number of carbonyl (C=O) groups is 1. The molecule has 0 spiro atoms. The molecule has 0 aromatic heterocycles. The molecule has 0 saturated heterocycles. The smallest absolute Gasteiger partial charge is 0.224 e. The molecule has 3 nitrogen and oxygen atoms in total. The number of fused-ring (bicyclic) bond motifs is 1. The van der Waals surface area contributed by atoms with Gasteiger partial charge in [-0.3, -0.25) is 4.79 Å². The van der Waals surface area contributed by atoms with Crippen molar-refractivity contribution in [2.45, 2.75) is 40.0 Å². The zero-order chi connectivity index (χ0) is 13.2. The molecule has 1 aliphatic rings. The van der Waals surface area contributed by atoms with Gasteiger partial charge in [-0.25, -0.2) is 0 Å². The van der Waals surface area contributed by atoms with Gasteiger partial charge in [0.2, 0.25) is 5.91 Å². The van der Waals surface area contributed by atoms with E-state index in [1.165, 1.54) is 5.56 Å². The fourth-order valence-electron chi connectivity index (χ4n) is 2.12. The Kier molecular flexibility index (Phi) is 3.60. The quantitative estimate of drug-likeness (QED) is 0.870. The van der Waals surface area contributed by atoms with Crippen molar-refractivity contribution in [3.05, 3.63) is 23.8 Å². The van der Waals surface area contributed by atoms with Crippen LogP contribution in [0.4, 0.5) is 5.69 Å². The van der Waals surface area contributed by atoms with E-state index in [4.69, 9.17) is 4.74 Å². The van der Waals surface area contributed by atoms with Gasteiger partial charge < -0.3 is 10.1 Å². The van der Waals surface area contributed by atoms with Gasteiger partial charge in [0.25, 0.3) is 0 Å². The molecule has 1 N–H and O–H groups in total. The van der Waals surface area contributed by atoms with Crippen molar-refractivity contribution in [2.24, 2.45) is 5.41 Å². The Bertz CT molecular complexity index is 446. The van der Waals surface area contributed by atoms with Crippen LogP contribution >= 0.6 is 0 Å². The summed E-state index contributed by atoms with van der Waals surface area (Å²) in [4.78, 5) is 11.9. The monoisotopic (exact) mass is 247 g/mol. The molecule has 0 fully saturated rings. The van der Waals surface area contributed by atoms with E-state index >= 15 is 0 Å². The number of hydrogen-bond donors (Lipinski definition) is 1. The van der Waals surface area contributed by atoms with Crippen molar-refractivity contribution in [3.8, 4) is 5.75 Å². The van der Waals surface area contributed by atoms with Gasteiger partial charge in [0.05, 0.1) is 6.61 Å². The highest BCUT2D eigenvalue weighted by Crippen LogP contribution is 2.28. The van der Waals surface area contributed by atoms with E-state index in [0.29, 0.717) is 6.42 Å². The molecule has 0 bridgehead atoms. The number of ether oxygens (including phenoxy) is 1. The van der Waals surface area contributed by atoms with E-state index in [-0.39, 0.29) is 11.3 Å². The number of nitrogens with one attached hydrogen (secondary N) is 1. The molecular formula is C15H21NO2. The molecule has 1 aromatic carbocycles. The first kappa shape index (κ1) is 12.9. The average Bonchev–Trinajstić information content (AvgIpc) is 2.26. The van der Waals surface area contributed by atoms with Crippen LogP contribution in [-0.2, 0) is 11.2 Å². The minimum Gasteiger partial charge on any atom is -0.493 e. The lowest BCUT2D eigenvalue weighted by Gasteiger charge is -2.19. The molecule has 2 rings (SSSR count). The summed E-state index contributed by atoms with van der Waals surface area (Å²) < 4.78 is 5.55. The number of hydrogen-bond acceptors (Lipinski definition) is 2. The van der Waals surface area contributed by atoms with Gasteiger partial charge in [-0.1, -0.05) is 20.8 Å². The molecule has 98 valence electrons. The number of carbonyl (C=O) groups excluding carboxylic acids is 1. The largest absolute Gasteiger partial charge is 0.493 e. The van der Waals surface area contributed by atoms with Crippen molar-refractivity contribution in [3.63, 3.8) is 0 Å². The second-order valence-electron chi connectivity index (χ2n) is 6.06. The van der Waals surface area contributed by atoms with Gasteiger partial charge in [0, 0.05) is 12.1 Å². The zero-order valence-corrected chi connectivity index (χ0v) is 11.4. The summed E-state index contributed by atoms with van der Waals surface area (Å²) in [5, 5.41) is 2.95. The van der Waals surface area contributed by atoms with Crippen LogP contribution in [0, 0.1) is 5.41 Å². The maximum absolute atomic E-state index is 11.9. The summed E-state index contributed by atoms with van der Waals surface area (Å²) >= 11 is 0. The van der Waals surface area contributed by atoms with Gasteiger partial charge in [-0.2, -0.15) is 0 Å². The first-order valence-corrected chi connectivity index (χ1v) is 6.50. The highest BCUT2D eigenvalue weighted by molar-refractivity contribution is 5.91. The third-order valence-corrected chi connectivity index (χ3v) is 2.88. The van der Waals surface area contributed by atoms with Gasteiger partial charge in [-0.15, -0.1) is 0 Å². The second-order valence-corrected chi connectivity index (χ2v) is 6.06. The molecule has 18 heavy (non-hydrogen) atoms. The van der Waals surface area contributed by atoms with E-state index in [2.05, 4.69) is 26.1 Å². The number of aryl methyl sites for hydroxylation is 1. The molecule has 0 unspecified atom stereocenters. The minimum atomic E-state index is 0.0153. The lowest BCUT2D eigenvalue weighted by atomic mass is 9.92. The molecular weight excluding hydrogens is 226 g/mol. The first-order chi connectivity index (χ1) is 8.44. The van der Waals surface area contributed by atoms with E-state index in [9.17, 15) is 4.79 Å². The maximum Gasteiger partial charge on any atom is 0.224 e. The van der Waals surface area contributed by atoms with Crippen LogP contribution in [0.5, 0.6) is 5.75 Å². The van der Waals surface area contributed by atoms with Crippen LogP contribution in [-0.4, -0.2) is 12.5 Å². The average molecular weight is 247 g/mol. The normalized spacial score (nSPS) is 14.6. The van der Waals surface area contributed by atoms with Crippen molar-refractivity contribution < 1.29 is 9.53 Å². The van der Waals surface area contributed by atoms with Crippen molar-refractivity contribution in [1.29, 1.82) is 0 Å².